The Morgan fingerprint density at radius 3 is 2.65 bits per heavy atom. The van der Waals surface area contributed by atoms with E-state index in [9.17, 15) is 21.6 Å². The molecule has 0 radical (unpaired) electrons. The highest BCUT2D eigenvalue weighted by Crippen LogP contribution is 2.34. The second kappa shape index (κ2) is 6.71. The Hall–Kier alpha value is -1.85. The van der Waals surface area contributed by atoms with Crippen LogP contribution in [0.1, 0.15) is 17.9 Å². The lowest BCUT2D eigenvalue weighted by molar-refractivity contribution is -0.155. The van der Waals surface area contributed by atoms with Gasteiger partial charge in [0.15, 0.2) is 5.76 Å². The fourth-order valence-electron chi connectivity index (χ4n) is 2.73. The van der Waals surface area contributed by atoms with Crippen LogP contribution < -0.4 is 0 Å². The van der Waals surface area contributed by atoms with E-state index in [1.54, 1.807) is 0 Å². The van der Waals surface area contributed by atoms with Gasteiger partial charge in [-0.15, -0.1) is 0 Å². The van der Waals surface area contributed by atoms with Crippen LogP contribution >= 0.6 is 0 Å². The SMILES string of the molecule is Cc1oc(-c2cc(C(F)(F)F)on2)cc1S(=O)(=O)N(C)CC1CCOC1. The van der Waals surface area contributed by atoms with Gasteiger partial charge in [0.1, 0.15) is 16.3 Å². The zero-order valence-electron chi connectivity index (χ0n) is 14.0. The number of furan rings is 1. The molecule has 26 heavy (non-hydrogen) atoms. The van der Waals surface area contributed by atoms with Crippen molar-refractivity contribution in [2.75, 3.05) is 26.8 Å². The number of sulfonamides is 1. The summed E-state index contributed by atoms with van der Waals surface area (Å²) < 4.78 is 79.3. The maximum Gasteiger partial charge on any atom is 0.452 e. The summed E-state index contributed by atoms with van der Waals surface area (Å²) in [6.07, 6.45) is -3.92. The average Bonchev–Trinajstić information content (AvgIpc) is 3.25. The fourth-order valence-corrected chi connectivity index (χ4v) is 4.13. The Labute approximate surface area is 147 Å². The van der Waals surface area contributed by atoms with Gasteiger partial charge in [-0.1, -0.05) is 5.16 Å². The van der Waals surface area contributed by atoms with Crippen LogP contribution in [0.5, 0.6) is 0 Å². The first-order chi connectivity index (χ1) is 12.1. The van der Waals surface area contributed by atoms with E-state index >= 15 is 0 Å². The first-order valence-electron chi connectivity index (χ1n) is 7.78. The molecule has 0 bridgehead atoms. The molecule has 1 fully saturated rings. The molecule has 1 unspecified atom stereocenters. The summed E-state index contributed by atoms with van der Waals surface area (Å²) in [7, 11) is -2.42. The second-order valence-corrected chi connectivity index (χ2v) is 8.13. The largest absolute Gasteiger partial charge is 0.458 e. The van der Waals surface area contributed by atoms with Gasteiger partial charge in [0, 0.05) is 32.3 Å². The van der Waals surface area contributed by atoms with Crippen molar-refractivity contribution >= 4 is 10.0 Å². The molecule has 0 N–H and O–H groups in total. The molecule has 0 aromatic carbocycles. The number of ether oxygens (including phenoxy) is 1. The van der Waals surface area contributed by atoms with Crippen molar-refractivity contribution in [2.24, 2.45) is 5.92 Å². The molecule has 0 saturated carbocycles. The number of aromatic nitrogens is 1. The molecular formula is C15H17F3N2O5S. The van der Waals surface area contributed by atoms with Crippen LogP contribution in [0.4, 0.5) is 13.2 Å². The maximum atomic E-state index is 12.8. The Morgan fingerprint density at radius 1 is 1.35 bits per heavy atom. The molecule has 144 valence electrons. The van der Waals surface area contributed by atoms with Crippen LogP contribution in [0.25, 0.3) is 11.5 Å². The minimum Gasteiger partial charge on any atom is -0.458 e. The van der Waals surface area contributed by atoms with Crippen molar-refractivity contribution < 1.29 is 35.3 Å². The van der Waals surface area contributed by atoms with E-state index in [-0.39, 0.29) is 34.6 Å². The van der Waals surface area contributed by atoms with Crippen molar-refractivity contribution in [3.8, 4) is 11.5 Å². The van der Waals surface area contributed by atoms with E-state index < -0.39 is 22.0 Å². The Bertz CT molecular complexity index is 881. The lowest BCUT2D eigenvalue weighted by Crippen LogP contribution is -2.32. The van der Waals surface area contributed by atoms with E-state index in [4.69, 9.17) is 9.15 Å². The monoisotopic (exact) mass is 394 g/mol. The van der Waals surface area contributed by atoms with Gasteiger partial charge < -0.3 is 13.7 Å². The summed E-state index contributed by atoms with van der Waals surface area (Å²) in [4.78, 5) is -0.120. The summed E-state index contributed by atoms with van der Waals surface area (Å²) >= 11 is 0. The van der Waals surface area contributed by atoms with Crippen LogP contribution in [0, 0.1) is 12.8 Å². The molecule has 7 nitrogen and oxygen atoms in total. The zero-order chi connectivity index (χ0) is 19.1. The highest BCUT2D eigenvalue weighted by atomic mass is 32.2. The van der Waals surface area contributed by atoms with Gasteiger partial charge in [-0.05, 0) is 19.3 Å². The van der Waals surface area contributed by atoms with E-state index in [0.717, 1.165) is 12.5 Å². The number of rotatable bonds is 5. The van der Waals surface area contributed by atoms with Crippen molar-refractivity contribution in [3.05, 3.63) is 23.7 Å². The summed E-state index contributed by atoms with van der Waals surface area (Å²) in [6.45, 7) is 2.80. The third-order valence-electron chi connectivity index (χ3n) is 4.14. The summed E-state index contributed by atoms with van der Waals surface area (Å²) in [6, 6.07) is 1.82. The molecule has 1 saturated heterocycles. The third kappa shape index (κ3) is 3.64. The van der Waals surface area contributed by atoms with Crippen molar-refractivity contribution in [2.45, 2.75) is 24.4 Å². The van der Waals surface area contributed by atoms with Crippen LogP contribution in [-0.2, 0) is 20.9 Å². The molecule has 3 heterocycles. The second-order valence-electron chi connectivity index (χ2n) is 6.12. The predicted octanol–water partition coefficient (Wildman–Crippen LogP) is 2.92. The van der Waals surface area contributed by atoms with E-state index in [1.807, 2.05) is 0 Å². The number of aryl methyl sites for hydroxylation is 1. The van der Waals surface area contributed by atoms with Gasteiger partial charge >= 0.3 is 6.18 Å². The molecule has 1 atom stereocenters. The average molecular weight is 394 g/mol. The number of nitrogens with zero attached hydrogens (tertiary/aromatic N) is 2. The van der Waals surface area contributed by atoms with E-state index in [0.29, 0.717) is 19.3 Å². The number of hydrogen-bond acceptors (Lipinski definition) is 6. The van der Waals surface area contributed by atoms with E-state index in [2.05, 4.69) is 9.68 Å². The molecule has 1 aliphatic heterocycles. The maximum absolute atomic E-state index is 12.8. The van der Waals surface area contributed by atoms with Crippen LogP contribution in [0.3, 0.4) is 0 Å². The van der Waals surface area contributed by atoms with Crippen molar-refractivity contribution in [3.63, 3.8) is 0 Å². The number of hydrogen-bond donors (Lipinski definition) is 0. The van der Waals surface area contributed by atoms with Crippen LogP contribution in [-0.4, -0.2) is 44.7 Å². The smallest absolute Gasteiger partial charge is 0.452 e. The van der Waals surface area contributed by atoms with Gasteiger partial charge in [-0.25, -0.2) is 12.7 Å². The standard InChI is InChI=1S/C15H17F3N2O5S/c1-9-13(26(21,22)20(2)7-10-3-4-23-8-10)6-12(24-9)11-5-14(25-19-11)15(16,17)18/h5-6,10H,3-4,7-8H2,1-2H3. The van der Waals surface area contributed by atoms with Crippen molar-refractivity contribution in [1.29, 1.82) is 0 Å². The number of alkyl halides is 3. The molecule has 1 aliphatic rings. The fraction of sp³-hybridized carbons (Fsp3) is 0.533. The molecule has 2 aromatic heterocycles. The first-order valence-corrected chi connectivity index (χ1v) is 9.22. The van der Waals surface area contributed by atoms with Gasteiger partial charge in [-0.3, -0.25) is 0 Å². The van der Waals surface area contributed by atoms with E-state index in [1.165, 1.54) is 18.3 Å². The predicted molar refractivity (Wildman–Crippen MR) is 82.7 cm³/mol. The highest BCUT2D eigenvalue weighted by molar-refractivity contribution is 7.89. The quantitative estimate of drug-likeness (QED) is 0.775. The topological polar surface area (TPSA) is 85.8 Å². The van der Waals surface area contributed by atoms with Gasteiger partial charge in [0.25, 0.3) is 0 Å². The molecule has 0 amide bonds. The minimum atomic E-state index is -4.69. The molecular weight excluding hydrogens is 377 g/mol. The molecule has 0 aliphatic carbocycles. The molecule has 0 spiro atoms. The molecule has 2 aromatic rings. The lowest BCUT2D eigenvalue weighted by atomic mass is 10.1. The lowest BCUT2D eigenvalue weighted by Gasteiger charge is -2.19. The Morgan fingerprint density at radius 2 is 2.08 bits per heavy atom. The highest BCUT2D eigenvalue weighted by Gasteiger charge is 2.37. The molecule has 11 heteroatoms. The van der Waals surface area contributed by atoms with Gasteiger partial charge in [0.2, 0.25) is 15.8 Å². The first kappa shape index (κ1) is 18.9. The summed E-state index contributed by atoms with van der Waals surface area (Å²) in [5.41, 5.74) is -0.228. The van der Waals surface area contributed by atoms with Crippen LogP contribution in [0.15, 0.2) is 26.0 Å². The minimum absolute atomic E-state index is 0.0612. The molecule has 3 rings (SSSR count). The third-order valence-corrected chi connectivity index (χ3v) is 6.07. The zero-order valence-corrected chi connectivity index (χ0v) is 14.9. The summed E-state index contributed by atoms with van der Waals surface area (Å²) in [5.74, 6) is -1.24. The number of halogens is 3. The van der Waals surface area contributed by atoms with Gasteiger partial charge in [0.05, 0.1) is 6.61 Å². The normalized spacial score (nSPS) is 18.8. The Balaban J connectivity index is 1.86. The van der Waals surface area contributed by atoms with Crippen molar-refractivity contribution in [1.82, 2.24) is 9.46 Å². The van der Waals surface area contributed by atoms with Gasteiger partial charge in [-0.2, -0.15) is 13.2 Å². The summed E-state index contributed by atoms with van der Waals surface area (Å²) in [5, 5.41) is 3.30. The Kier molecular flexibility index (Phi) is 4.88. The van der Waals surface area contributed by atoms with Crippen LogP contribution in [0.2, 0.25) is 0 Å².